The van der Waals surface area contributed by atoms with Crippen LogP contribution >= 0.6 is 0 Å². The number of amidine groups is 1. The number of amides is 2. The fourth-order valence-electron chi connectivity index (χ4n) is 4.43. The Balaban J connectivity index is 1.54. The first-order chi connectivity index (χ1) is 14.3. The van der Waals surface area contributed by atoms with E-state index in [1.807, 2.05) is 11.9 Å². The highest BCUT2D eigenvalue weighted by atomic mass is 16.4. The minimum Gasteiger partial charge on any atom is -0.477 e. The van der Waals surface area contributed by atoms with Crippen molar-refractivity contribution in [1.82, 2.24) is 15.1 Å². The quantitative estimate of drug-likeness (QED) is 0.588. The van der Waals surface area contributed by atoms with Gasteiger partial charge in [-0.2, -0.15) is 0 Å². The number of likely N-dealkylation sites (N-methyl/N-ethyl adjacent to an activating group) is 1. The Labute approximate surface area is 173 Å². The molecular formula is C21H24N4O5. The van der Waals surface area contributed by atoms with Crippen molar-refractivity contribution in [2.45, 2.75) is 31.9 Å². The average molecular weight is 412 g/mol. The van der Waals surface area contributed by atoms with Crippen molar-refractivity contribution in [3.05, 3.63) is 41.1 Å². The van der Waals surface area contributed by atoms with Gasteiger partial charge >= 0.3 is 5.97 Å². The summed E-state index contributed by atoms with van der Waals surface area (Å²) in [6, 6.07) is 6.80. The summed E-state index contributed by atoms with van der Waals surface area (Å²) in [5.74, 6) is -1.67. The van der Waals surface area contributed by atoms with Gasteiger partial charge in [0.15, 0.2) is 0 Å². The molecule has 0 spiro atoms. The molecule has 1 aromatic carbocycles. The number of carbonyl (C=O) groups excluding carboxylic acids is 2. The topological polar surface area (TPSA) is 123 Å². The van der Waals surface area contributed by atoms with E-state index in [0.717, 1.165) is 5.56 Å². The molecule has 3 atom stereocenters. The van der Waals surface area contributed by atoms with E-state index in [1.54, 1.807) is 31.2 Å². The zero-order valence-electron chi connectivity index (χ0n) is 16.8. The van der Waals surface area contributed by atoms with E-state index in [4.69, 9.17) is 0 Å². The molecule has 3 N–H and O–H groups in total. The maximum absolute atomic E-state index is 12.4. The molecule has 9 heteroatoms. The maximum atomic E-state index is 12.4. The van der Waals surface area contributed by atoms with Crippen LogP contribution in [0.4, 0.5) is 0 Å². The summed E-state index contributed by atoms with van der Waals surface area (Å²) in [6.45, 7) is 2.70. The number of carboxylic acid groups (broad SMARTS) is 1. The molecule has 0 bridgehead atoms. The molecule has 1 fully saturated rings. The number of aliphatic imine (C=N–C) groups is 1. The van der Waals surface area contributed by atoms with Crippen LogP contribution in [0.3, 0.4) is 0 Å². The van der Waals surface area contributed by atoms with Gasteiger partial charge in [-0.3, -0.25) is 19.5 Å². The molecule has 0 radical (unpaired) electrons. The molecule has 0 aliphatic carbocycles. The summed E-state index contributed by atoms with van der Waals surface area (Å²) < 4.78 is 0. The lowest BCUT2D eigenvalue weighted by Crippen LogP contribution is -2.61. The Morgan fingerprint density at radius 3 is 2.77 bits per heavy atom. The number of carbonyl (C=O) groups is 3. The van der Waals surface area contributed by atoms with Crippen molar-refractivity contribution in [3.8, 4) is 0 Å². The van der Waals surface area contributed by atoms with Gasteiger partial charge in [0, 0.05) is 0 Å². The minimum absolute atomic E-state index is 0.0353. The number of benzene rings is 1. The van der Waals surface area contributed by atoms with Gasteiger partial charge in [-0.15, -0.1) is 0 Å². The van der Waals surface area contributed by atoms with E-state index in [-0.39, 0.29) is 30.0 Å². The molecule has 1 aromatic rings. The van der Waals surface area contributed by atoms with E-state index in [2.05, 4.69) is 10.3 Å². The second kappa shape index (κ2) is 7.66. The van der Waals surface area contributed by atoms with E-state index < -0.39 is 18.0 Å². The summed E-state index contributed by atoms with van der Waals surface area (Å²) >= 11 is 0. The van der Waals surface area contributed by atoms with Crippen molar-refractivity contribution in [2.75, 3.05) is 20.3 Å². The average Bonchev–Trinajstić information content (AvgIpc) is 3.22. The molecule has 2 amide bonds. The third-order valence-electron chi connectivity index (χ3n) is 5.78. The predicted molar refractivity (Wildman–Crippen MR) is 108 cm³/mol. The van der Waals surface area contributed by atoms with Gasteiger partial charge in [0.2, 0.25) is 11.8 Å². The fourth-order valence-corrected chi connectivity index (χ4v) is 4.43. The van der Waals surface area contributed by atoms with Gasteiger partial charge in [0.05, 0.1) is 37.7 Å². The largest absolute Gasteiger partial charge is 0.477 e. The number of fused-ring (bicyclic) bond motifs is 1. The van der Waals surface area contributed by atoms with Crippen molar-refractivity contribution < 1.29 is 24.6 Å². The molecule has 0 saturated carbocycles. The number of carboxylic acids is 1. The van der Waals surface area contributed by atoms with Gasteiger partial charge < -0.3 is 20.4 Å². The van der Waals surface area contributed by atoms with E-state index in [0.29, 0.717) is 36.6 Å². The Kier molecular flexibility index (Phi) is 5.17. The van der Waals surface area contributed by atoms with Crippen molar-refractivity contribution in [2.24, 2.45) is 10.9 Å². The third kappa shape index (κ3) is 3.50. The highest BCUT2D eigenvalue weighted by Gasteiger charge is 2.56. The Morgan fingerprint density at radius 1 is 1.37 bits per heavy atom. The number of hydrogen-bond acceptors (Lipinski definition) is 6. The Morgan fingerprint density at radius 2 is 2.13 bits per heavy atom. The first-order valence-corrected chi connectivity index (χ1v) is 9.85. The summed E-state index contributed by atoms with van der Waals surface area (Å²) in [7, 11) is 1.91. The van der Waals surface area contributed by atoms with Gasteiger partial charge in [0.25, 0.3) is 0 Å². The molecule has 4 rings (SSSR count). The van der Waals surface area contributed by atoms with Crippen LogP contribution in [0.25, 0.3) is 5.57 Å². The number of nitrogens with one attached hydrogen (secondary N) is 1. The zero-order valence-corrected chi connectivity index (χ0v) is 16.8. The van der Waals surface area contributed by atoms with Gasteiger partial charge in [0.1, 0.15) is 11.5 Å². The van der Waals surface area contributed by atoms with Crippen LogP contribution in [0.15, 0.2) is 35.0 Å². The molecule has 1 saturated heterocycles. The summed E-state index contributed by atoms with van der Waals surface area (Å²) in [5.41, 5.74) is 1.92. The molecule has 3 heterocycles. The van der Waals surface area contributed by atoms with Crippen LogP contribution in [0, 0.1) is 5.92 Å². The highest BCUT2D eigenvalue weighted by molar-refractivity contribution is 6.06. The lowest BCUT2D eigenvalue weighted by molar-refractivity contribution is -0.161. The van der Waals surface area contributed by atoms with Gasteiger partial charge in [-0.25, -0.2) is 4.79 Å². The number of nitrogens with zero attached hydrogens (tertiary/aromatic N) is 3. The van der Waals surface area contributed by atoms with Crippen LogP contribution in [0.1, 0.15) is 24.5 Å². The normalized spacial score (nSPS) is 24.4. The Bertz CT molecular complexity index is 983. The van der Waals surface area contributed by atoms with E-state index >= 15 is 0 Å². The lowest BCUT2D eigenvalue weighted by Gasteiger charge is -2.44. The molecule has 158 valence electrons. The number of β-lactam (4-membered cyclic amide) rings is 1. The number of aliphatic hydroxyl groups is 1. The number of aliphatic carboxylic acids is 1. The Hall–Kier alpha value is -3.04. The minimum atomic E-state index is -1.17. The third-order valence-corrected chi connectivity index (χ3v) is 5.78. The molecule has 0 aromatic heterocycles. The van der Waals surface area contributed by atoms with Crippen LogP contribution in [-0.4, -0.2) is 76.0 Å². The summed E-state index contributed by atoms with van der Waals surface area (Å²) in [5, 5.41) is 22.4. The van der Waals surface area contributed by atoms with Crippen LogP contribution < -0.4 is 5.32 Å². The molecular weight excluding hydrogens is 388 g/mol. The molecule has 9 nitrogen and oxygen atoms in total. The van der Waals surface area contributed by atoms with Gasteiger partial charge in [-0.05, 0) is 37.1 Å². The first kappa shape index (κ1) is 20.2. The fraction of sp³-hybridized carbons (Fsp3) is 0.429. The second-order valence-electron chi connectivity index (χ2n) is 8.06. The standard InChI is InChI=1S/C21H24N4O5/c1-11(26)18-15-8-14(19(21(29)30)25(15)20(18)28)13-5-3-4-12(6-13)7-17(27)23-16-9-24(2)10-22-16/h3-6,11,15,18,26H,7-10H2,1-2H3,(H,29,30)(H,22,23,27)/t11-,15-,18-/m1/s1. The first-order valence-electron chi connectivity index (χ1n) is 9.85. The maximum Gasteiger partial charge on any atom is 0.352 e. The zero-order chi connectivity index (χ0) is 21.6. The number of hydrogen-bond donors (Lipinski definition) is 3. The van der Waals surface area contributed by atoms with E-state index in [9.17, 15) is 24.6 Å². The number of aliphatic hydroxyl groups excluding tert-OH is 1. The van der Waals surface area contributed by atoms with Crippen LogP contribution in [-0.2, 0) is 20.8 Å². The van der Waals surface area contributed by atoms with Crippen molar-refractivity contribution in [1.29, 1.82) is 0 Å². The van der Waals surface area contributed by atoms with Gasteiger partial charge in [-0.1, -0.05) is 24.3 Å². The van der Waals surface area contributed by atoms with Crippen molar-refractivity contribution in [3.63, 3.8) is 0 Å². The number of rotatable bonds is 5. The lowest BCUT2D eigenvalue weighted by atomic mass is 9.82. The molecule has 3 aliphatic rings. The summed E-state index contributed by atoms with van der Waals surface area (Å²) in [4.78, 5) is 44.1. The monoisotopic (exact) mass is 412 g/mol. The molecule has 30 heavy (non-hydrogen) atoms. The smallest absolute Gasteiger partial charge is 0.352 e. The molecule has 0 unspecified atom stereocenters. The summed E-state index contributed by atoms with van der Waals surface area (Å²) in [6.07, 6.45) is -0.336. The van der Waals surface area contributed by atoms with Crippen molar-refractivity contribution >= 4 is 29.2 Å². The van der Waals surface area contributed by atoms with Crippen LogP contribution in [0.5, 0.6) is 0 Å². The second-order valence-corrected chi connectivity index (χ2v) is 8.06. The van der Waals surface area contributed by atoms with E-state index in [1.165, 1.54) is 4.90 Å². The highest BCUT2D eigenvalue weighted by Crippen LogP contribution is 2.46. The van der Waals surface area contributed by atoms with Crippen LogP contribution in [0.2, 0.25) is 0 Å². The molecule has 3 aliphatic heterocycles. The SMILES string of the molecule is C[C@@H](O)[C@H]1C(=O)N2C(C(=O)O)=C(c3cccc(CC(=O)NC4=NCN(C)C4)c3)C[C@H]12. The predicted octanol–water partition coefficient (Wildman–Crippen LogP) is 0.0539.